The van der Waals surface area contributed by atoms with Crippen molar-refractivity contribution in [2.45, 2.75) is 34.1 Å². The standard InChI is InChI=1S/C16H23NO4/c1-10(2)9-16(3,4)15(20)17-11-6-7-12(14(18)19)13(8-11)21-5/h6-8,10H,9H2,1-5H3,(H,17,20)(H,18,19). The number of carboxylic acid groups (broad SMARTS) is 1. The van der Waals surface area contributed by atoms with Crippen LogP contribution in [0.2, 0.25) is 0 Å². The Bertz CT molecular complexity index is 535. The molecule has 2 N–H and O–H groups in total. The molecule has 5 nitrogen and oxygen atoms in total. The maximum absolute atomic E-state index is 12.3. The number of anilines is 1. The van der Waals surface area contributed by atoms with Gasteiger partial charge in [0.2, 0.25) is 5.91 Å². The average molecular weight is 293 g/mol. The monoisotopic (exact) mass is 293 g/mol. The summed E-state index contributed by atoms with van der Waals surface area (Å²) in [6, 6.07) is 4.51. The van der Waals surface area contributed by atoms with E-state index < -0.39 is 11.4 Å². The maximum Gasteiger partial charge on any atom is 0.339 e. The first kappa shape index (κ1) is 17.0. The molecular weight excluding hydrogens is 270 g/mol. The lowest BCUT2D eigenvalue weighted by Crippen LogP contribution is -2.32. The summed E-state index contributed by atoms with van der Waals surface area (Å²) in [5.74, 6) is -0.525. The Kier molecular flexibility index (Phi) is 5.35. The Morgan fingerprint density at radius 2 is 1.95 bits per heavy atom. The van der Waals surface area contributed by atoms with Crippen LogP contribution < -0.4 is 10.1 Å². The number of methoxy groups -OCH3 is 1. The van der Waals surface area contributed by atoms with Crippen LogP contribution in [0.5, 0.6) is 5.75 Å². The van der Waals surface area contributed by atoms with Gasteiger partial charge in [-0.1, -0.05) is 27.7 Å². The molecule has 0 bridgehead atoms. The van der Waals surface area contributed by atoms with Crippen LogP contribution in [0.3, 0.4) is 0 Å². The van der Waals surface area contributed by atoms with Gasteiger partial charge in [-0.2, -0.15) is 0 Å². The third kappa shape index (κ3) is 4.48. The highest BCUT2D eigenvalue weighted by molar-refractivity contribution is 5.96. The number of carbonyl (C=O) groups is 2. The third-order valence-corrected chi connectivity index (χ3v) is 3.22. The van der Waals surface area contributed by atoms with E-state index in [9.17, 15) is 9.59 Å². The molecule has 0 aliphatic carbocycles. The Morgan fingerprint density at radius 1 is 1.33 bits per heavy atom. The largest absolute Gasteiger partial charge is 0.496 e. The van der Waals surface area contributed by atoms with E-state index in [1.807, 2.05) is 13.8 Å². The minimum atomic E-state index is -1.06. The number of ether oxygens (including phenoxy) is 1. The smallest absolute Gasteiger partial charge is 0.339 e. The molecule has 0 aliphatic heterocycles. The summed E-state index contributed by atoms with van der Waals surface area (Å²) in [6.45, 7) is 7.93. The van der Waals surface area contributed by atoms with E-state index in [0.717, 1.165) is 6.42 Å². The van der Waals surface area contributed by atoms with Crippen molar-refractivity contribution in [3.05, 3.63) is 23.8 Å². The first-order valence-electron chi connectivity index (χ1n) is 6.90. The molecule has 0 fully saturated rings. The number of hydrogen-bond donors (Lipinski definition) is 2. The quantitative estimate of drug-likeness (QED) is 0.842. The summed E-state index contributed by atoms with van der Waals surface area (Å²) in [6.07, 6.45) is 0.767. The molecule has 1 aromatic rings. The van der Waals surface area contributed by atoms with Crippen LogP contribution in [0.15, 0.2) is 18.2 Å². The summed E-state index contributed by atoms with van der Waals surface area (Å²) in [4.78, 5) is 23.3. The van der Waals surface area contributed by atoms with Crippen LogP contribution in [-0.4, -0.2) is 24.1 Å². The lowest BCUT2D eigenvalue weighted by atomic mass is 9.83. The molecule has 0 radical (unpaired) electrons. The predicted octanol–water partition coefficient (Wildman–Crippen LogP) is 3.40. The van der Waals surface area contributed by atoms with Gasteiger partial charge in [-0.3, -0.25) is 4.79 Å². The first-order valence-corrected chi connectivity index (χ1v) is 6.90. The molecule has 116 valence electrons. The van der Waals surface area contributed by atoms with E-state index in [0.29, 0.717) is 11.6 Å². The summed E-state index contributed by atoms with van der Waals surface area (Å²) in [5, 5.41) is 11.8. The van der Waals surface area contributed by atoms with Gasteiger partial charge in [0.25, 0.3) is 0 Å². The van der Waals surface area contributed by atoms with Crippen LogP contribution in [0.1, 0.15) is 44.5 Å². The van der Waals surface area contributed by atoms with Crippen LogP contribution in [-0.2, 0) is 4.79 Å². The molecule has 1 amide bonds. The van der Waals surface area contributed by atoms with E-state index in [2.05, 4.69) is 19.2 Å². The Hall–Kier alpha value is -2.04. The molecular formula is C16H23NO4. The third-order valence-electron chi connectivity index (χ3n) is 3.22. The van der Waals surface area contributed by atoms with Crippen molar-refractivity contribution < 1.29 is 19.4 Å². The number of amides is 1. The molecule has 0 aromatic heterocycles. The summed E-state index contributed by atoms with van der Waals surface area (Å²) in [5.41, 5.74) is 0.1000. The normalized spacial score (nSPS) is 11.3. The van der Waals surface area contributed by atoms with Crippen LogP contribution in [0.25, 0.3) is 0 Å². The van der Waals surface area contributed by atoms with Gasteiger partial charge in [-0.05, 0) is 24.5 Å². The van der Waals surface area contributed by atoms with Crippen molar-refractivity contribution in [1.82, 2.24) is 0 Å². The zero-order valence-corrected chi connectivity index (χ0v) is 13.2. The highest BCUT2D eigenvalue weighted by atomic mass is 16.5. The second-order valence-corrected chi connectivity index (χ2v) is 6.16. The van der Waals surface area contributed by atoms with E-state index >= 15 is 0 Å². The number of carbonyl (C=O) groups excluding carboxylic acids is 1. The zero-order valence-electron chi connectivity index (χ0n) is 13.2. The zero-order chi connectivity index (χ0) is 16.2. The maximum atomic E-state index is 12.3. The van der Waals surface area contributed by atoms with Crippen molar-refractivity contribution in [3.8, 4) is 5.75 Å². The van der Waals surface area contributed by atoms with Gasteiger partial charge in [0.1, 0.15) is 11.3 Å². The first-order chi connectivity index (χ1) is 9.67. The number of carboxylic acids is 1. The molecule has 21 heavy (non-hydrogen) atoms. The van der Waals surface area contributed by atoms with Crippen molar-refractivity contribution in [2.75, 3.05) is 12.4 Å². The Labute approximate surface area is 125 Å². The molecule has 0 saturated heterocycles. The van der Waals surface area contributed by atoms with Gasteiger partial charge in [-0.25, -0.2) is 4.79 Å². The lowest BCUT2D eigenvalue weighted by molar-refractivity contribution is -0.124. The van der Waals surface area contributed by atoms with E-state index in [-0.39, 0.29) is 17.2 Å². The molecule has 1 rings (SSSR count). The number of hydrogen-bond acceptors (Lipinski definition) is 3. The van der Waals surface area contributed by atoms with Gasteiger partial charge in [-0.15, -0.1) is 0 Å². The number of aromatic carboxylic acids is 1. The average Bonchev–Trinajstić information content (AvgIpc) is 2.36. The van der Waals surface area contributed by atoms with Crippen LogP contribution >= 0.6 is 0 Å². The van der Waals surface area contributed by atoms with E-state index in [4.69, 9.17) is 9.84 Å². The van der Waals surface area contributed by atoms with E-state index in [1.54, 1.807) is 6.07 Å². The summed E-state index contributed by atoms with van der Waals surface area (Å²) in [7, 11) is 1.40. The number of nitrogens with one attached hydrogen (secondary N) is 1. The van der Waals surface area contributed by atoms with Crippen molar-refractivity contribution in [1.29, 1.82) is 0 Å². The van der Waals surface area contributed by atoms with Gasteiger partial charge in [0.05, 0.1) is 7.11 Å². The second kappa shape index (κ2) is 6.61. The van der Waals surface area contributed by atoms with Gasteiger partial charge < -0.3 is 15.2 Å². The Morgan fingerprint density at radius 3 is 2.43 bits per heavy atom. The van der Waals surface area contributed by atoms with Gasteiger partial charge >= 0.3 is 5.97 Å². The fourth-order valence-electron chi connectivity index (χ4n) is 2.36. The molecule has 0 heterocycles. The topological polar surface area (TPSA) is 75.6 Å². The molecule has 1 aromatic carbocycles. The summed E-state index contributed by atoms with van der Waals surface area (Å²) < 4.78 is 5.05. The number of benzene rings is 1. The fraction of sp³-hybridized carbons (Fsp3) is 0.500. The minimum absolute atomic E-state index is 0.0666. The van der Waals surface area contributed by atoms with E-state index in [1.165, 1.54) is 19.2 Å². The van der Waals surface area contributed by atoms with Gasteiger partial charge in [0, 0.05) is 17.2 Å². The Balaban J connectivity index is 2.93. The second-order valence-electron chi connectivity index (χ2n) is 6.16. The molecule has 5 heteroatoms. The predicted molar refractivity (Wildman–Crippen MR) is 81.8 cm³/mol. The fourth-order valence-corrected chi connectivity index (χ4v) is 2.36. The van der Waals surface area contributed by atoms with Crippen LogP contribution in [0, 0.1) is 11.3 Å². The molecule has 0 spiro atoms. The molecule has 0 unspecified atom stereocenters. The highest BCUT2D eigenvalue weighted by Crippen LogP contribution is 2.29. The minimum Gasteiger partial charge on any atom is -0.496 e. The molecule has 0 aliphatic rings. The lowest BCUT2D eigenvalue weighted by Gasteiger charge is -2.25. The van der Waals surface area contributed by atoms with Crippen molar-refractivity contribution in [3.63, 3.8) is 0 Å². The number of rotatable bonds is 6. The highest BCUT2D eigenvalue weighted by Gasteiger charge is 2.28. The molecule has 0 saturated carbocycles. The summed E-state index contributed by atoms with van der Waals surface area (Å²) >= 11 is 0. The van der Waals surface area contributed by atoms with Crippen molar-refractivity contribution in [2.24, 2.45) is 11.3 Å². The van der Waals surface area contributed by atoms with Gasteiger partial charge in [0.15, 0.2) is 0 Å². The van der Waals surface area contributed by atoms with Crippen molar-refractivity contribution >= 4 is 17.6 Å². The van der Waals surface area contributed by atoms with Crippen LogP contribution in [0.4, 0.5) is 5.69 Å². The molecule has 0 atom stereocenters. The SMILES string of the molecule is COc1cc(NC(=O)C(C)(C)CC(C)C)ccc1C(=O)O.